The van der Waals surface area contributed by atoms with E-state index in [0.717, 1.165) is 39.0 Å². The smallest absolute Gasteiger partial charge is 0.317 e. The van der Waals surface area contributed by atoms with E-state index in [1.807, 2.05) is 23.1 Å². The van der Waals surface area contributed by atoms with Crippen LogP contribution in [0.4, 0.5) is 4.79 Å². The van der Waals surface area contributed by atoms with Crippen molar-refractivity contribution in [3.05, 3.63) is 33.8 Å². The highest BCUT2D eigenvalue weighted by atomic mass is 35.5. The first-order valence-corrected chi connectivity index (χ1v) is 8.55. The van der Waals surface area contributed by atoms with E-state index in [0.29, 0.717) is 22.1 Å². The van der Waals surface area contributed by atoms with Crippen molar-refractivity contribution in [2.45, 2.75) is 31.8 Å². The summed E-state index contributed by atoms with van der Waals surface area (Å²) in [4.78, 5) is 16.2. The summed E-state index contributed by atoms with van der Waals surface area (Å²) >= 11 is 12.1. The number of benzene rings is 1. The predicted molar refractivity (Wildman–Crippen MR) is 89.6 cm³/mol. The summed E-state index contributed by atoms with van der Waals surface area (Å²) in [6.07, 6.45) is 2.05. The number of nitrogens with zero attached hydrogens (tertiary/aromatic N) is 2. The monoisotopic (exact) mass is 341 g/mol. The molecule has 0 radical (unpaired) electrons. The molecule has 1 N–H and O–H groups in total. The van der Waals surface area contributed by atoms with Gasteiger partial charge in [-0.3, -0.25) is 4.90 Å². The fourth-order valence-electron chi connectivity index (χ4n) is 3.40. The maximum Gasteiger partial charge on any atom is 0.317 e. The topological polar surface area (TPSA) is 35.6 Å². The Morgan fingerprint density at radius 2 is 1.91 bits per heavy atom. The Labute approximate surface area is 141 Å². The normalized spacial score (nSPS) is 22.0. The average molecular weight is 342 g/mol. The third-order valence-corrected chi connectivity index (χ3v) is 5.54. The highest BCUT2D eigenvalue weighted by Gasteiger charge is 2.31. The zero-order valence-corrected chi connectivity index (χ0v) is 14.2. The molecule has 3 rings (SSSR count). The van der Waals surface area contributed by atoms with E-state index in [1.165, 1.54) is 5.56 Å². The highest BCUT2D eigenvalue weighted by Crippen LogP contribution is 2.30. The van der Waals surface area contributed by atoms with E-state index in [-0.39, 0.29) is 6.03 Å². The zero-order valence-electron chi connectivity index (χ0n) is 12.7. The van der Waals surface area contributed by atoms with Crippen molar-refractivity contribution in [2.24, 2.45) is 0 Å². The molecule has 4 nitrogen and oxygen atoms in total. The number of hydrogen-bond acceptors (Lipinski definition) is 2. The lowest BCUT2D eigenvalue weighted by Crippen LogP contribution is -2.46. The van der Waals surface area contributed by atoms with E-state index in [2.05, 4.69) is 17.1 Å². The maximum atomic E-state index is 11.8. The second-order valence-corrected chi connectivity index (χ2v) is 6.86. The fourth-order valence-corrected chi connectivity index (χ4v) is 3.71. The molecule has 1 aromatic rings. The number of urea groups is 1. The zero-order chi connectivity index (χ0) is 15.7. The predicted octanol–water partition coefficient (Wildman–Crippen LogP) is 3.54. The van der Waals surface area contributed by atoms with Gasteiger partial charge in [0, 0.05) is 38.3 Å². The molecule has 120 valence electrons. The molecule has 22 heavy (non-hydrogen) atoms. The SMILES string of the molecule is C[C@@H](c1ccc(Cl)c(Cl)c1)N1CCC(N2CCNC2=O)CC1. The minimum atomic E-state index is 0.0935. The van der Waals surface area contributed by atoms with Gasteiger partial charge in [-0.1, -0.05) is 29.3 Å². The third-order valence-electron chi connectivity index (χ3n) is 4.80. The number of carbonyl (C=O) groups excluding carboxylic acids is 1. The van der Waals surface area contributed by atoms with E-state index < -0.39 is 0 Å². The Morgan fingerprint density at radius 3 is 2.50 bits per heavy atom. The van der Waals surface area contributed by atoms with Gasteiger partial charge in [-0.25, -0.2) is 4.79 Å². The van der Waals surface area contributed by atoms with Crippen LogP contribution in [0.2, 0.25) is 10.0 Å². The van der Waals surface area contributed by atoms with Crippen LogP contribution in [0.3, 0.4) is 0 Å². The molecule has 2 aliphatic heterocycles. The van der Waals surface area contributed by atoms with E-state index in [4.69, 9.17) is 23.2 Å². The molecule has 0 spiro atoms. The molecule has 0 saturated carbocycles. The molecule has 2 heterocycles. The third kappa shape index (κ3) is 3.19. The number of likely N-dealkylation sites (tertiary alicyclic amines) is 1. The number of carbonyl (C=O) groups is 1. The van der Waals surface area contributed by atoms with E-state index in [1.54, 1.807) is 0 Å². The van der Waals surface area contributed by atoms with Crippen molar-refractivity contribution in [2.75, 3.05) is 26.2 Å². The molecule has 2 amide bonds. The van der Waals surface area contributed by atoms with Crippen LogP contribution in [-0.2, 0) is 0 Å². The summed E-state index contributed by atoms with van der Waals surface area (Å²) in [6.45, 7) is 5.80. The lowest BCUT2D eigenvalue weighted by molar-refractivity contribution is 0.111. The molecule has 6 heteroatoms. The molecule has 2 aliphatic rings. The van der Waals surface area contributed by atoms with Gasteiger partial charge in [0.2, 0.25) is 0 Å². The van der Waals surface area contributed by atoms with Gasteiger partial charge in [-0.2, -0.15) is 0 Å². The summed E-state index contributed by atoms with van der Waals surface area (Å²) in [5.74, 6) is 0. The number of hydrogen-bond donors (Lipinski definition) is 1. The summed E-state index contributed by atoms with van der Waals surface area (Å²) in [5, 5.41) is 4.08. The number of rotatable bonds is 3. The van der Waals surface area contributed by atoms with Crippen LogP contribution in [0.25, 0.3) is 0 Å². The minimum absolute atomic E-state index is 0.0935. The van der Waals surface area contributed by atoms with Crippen LogP contribution in [0.5, 0.6) is 0 Å². The largest absolute Gasteiger partial charge is 0.336 e. The molecular formula is C16H21Cl2N3O. The first-order chi connectivity index (χ1) is 10.6. The number of nitrogens with one attached hydrogen (secondary N) is 1. The fraction of sp³-hybridized carbons (Fsp3) is 0.562. The number of amides is 2. The van der Waals surface area contributed by atoms with Gasteiger partial charge in [0.25, 0.3) is 0 Å². The van der Waals surface area contributed by atoms with Crippen molar-refractivity contribution in [3.63, 3.8) is 0 Å². The van der Waals surface area contributed by atoms with Crippen LogP contribution in [0.15, 0.2) is 18.2 Å². The van der Waals surface area contributed by atoms with Gasteiger partial charge in [-0.05, 0) is 37.5 Å². The van der Waals surface area contributed by atoms with Gasteiger partial charge in [0.1, 0.15) is 0 Å². The molecule has 1 aromatic carbocycles. The van der Waals surface area contributed by atoms with Gasteiger partial charge < -0.3 is 10.2 Å². The van der Waals surface area contributed by atoms with Gasteiger partial charge >= 0.3 is 6.03 Å². The molecule has 1 atom stereocenters. The lowest BCUT2D eigenvalue weighted by Gasteiger charge is -2.39. The summed E-state index contributed by atoms with van der Waals surface area (Å²) in [7, 11) is 0. The number of piperidine rings is 1. The number of halogens is 2. The molecule has 2 saturated heterocycles. The molecule has 0 bridgehead atoms. The molecule has 2 fully saturated rings. The maximum absolute atomic E-state index is 11.8. The van der Waals surface area contributed by atoms with E-state index >= 15 is 0 Å². The second-order valence-electron chi connectivity index (χ2n) is 6.04. The molecule has 0 aliphatic carbocycles. The Morgan fingerprint density at radius 1 is 1.18 bits per heavy atom. The van der Waals surface area contributed by atoms with Crippen molar-refractivity contribution in [1.82, 2.24) is 15.1 Å². The Hall–Kier alpha value is -0.970. The van der Waals surface area contributed by atoms with Crippen LogP contribution in [0.1, 0.15) is 31.4 Å². The quantitative estimate of drug-likeness (QED) is 0.912. The van der Waals surface area contributed by atoms with Crippen LogP contribution < -0.4 is 5.32 Å². The second kappa shape index (κ2) is 6.65. The van der Waals surface area contributed by atoms with Crippen LogP contribution in [0, 0.1) is 0 Å². The Balaban J connectivity index is 1.60. The minimum Gasteiger partial charge on any atom is -0.336 e. The summed E-state index contributed by atoms with van der Waals surface area (Å²) in [6, 6.07) is 6.63. The first-order valence-electron chi connectivity index (χ1n) is 7.79. The van der Waals surface area contributed by atoms with E-state index in [9.17, 15) is 4.79 Å². The van der Waals surface area contributed by atoms with Crippen molar-refractivity contribution in [1.29, 1.82) is 0 Å². The molecule has 0 unspecified atom stereocenters. The van der Waals surface area contributed by atoms with Crippen molar-refractivity contribution < 1.29 is 4.79 Å². The van der Waals surface area contributed by atoms with Crippen molar-refractivity contribution in [3.8, 4) is 0 Å². The summed E-state index contributed by atoms with van der Waals surface area (Å²) < 4.78 is 0. The molecule has 0 aromatic heterocycles. The standard InChI is InChI=1S/C16H21Cl2N3O/c1-11(12-2-3-14(17)15(18)10-12)20-7-4-13(5-8-20)21-9-6-19-16(21)22/h2-3,10-11,13H,4-9H2,1H3,(H,19,22)/t11-/m0/s1. The molecular weight excluding hydrogens is 321 g/mol. The Bertz CT molecular complexity index is 558. The van der Waals surface area contributed by atoms with Crippen LogP contribution in [-0.4, -0.2) is 48.1 Å². The summed E-state index contributed by atoms with van der Waals surface area (Å²) in [5.41, 5.74) is 1.19. The van der Waals surface area contributed by atoms with Gasteiger partial charge in [0.05, 0.1) is 10.0 Å². The van der Waals surface area contributed by atoms with Crippen molar-refractivity contribution >= 4 is 29.2 Å². The van der Waals surface area contributed by atoms with Gasteiger partial charge in [-0.15, -0.1) is 0 Å². The van der Waals surface area contributed by atoms with Gasteiger partial charge in [0.15, 0.2) is 0 Å². The first kappa shape index (κ1) is 15.9. The highest BCUT2D eigenvalue weighted by molar-refractivity contribution is 6.42. The Kier molecular flexibility index (Phi) is 4.81. The lowest BCUT2D eigenvalue weighted by atomic mass is 9.99. The van der Waals surface area contributed by atoms with Crippen LogP contribution >= 0.6 is 23.2 Å². The average Bonchev–Trinajstić information content (AvgIpc) is 2.95.